The van der Waals surface area contributed by atoms with Gasteiger partial charge in [0.05, 0.1) is 38.1 Å². The SMILES string of the molecule is COC(=O)c1cc(C)c(-c2ccc(OC)c(-c3ccc(N4CCC4)nc3CN3C(=O)O[C@H](c4cc(C)cc(C(F)(F)F)c4)[C@@H]3C)c2)s1. The first-order valence-corrected chi connectivity index (χ1v) is 16.0. The number of benzene rings is 2. The van der Waals surface area contributed by atoms with E-state index >= 15 is 0 Å². The number of carbonyl (C=O) groups is 2. The Balaban J connectivity index is 1.39. The maximum Gasteiger partial charge on any atom is 0.416 e. The molecule has 4 heterocycles. The minimum Gasteiger partial charge on any atom is -0.496 e. The smallest absolute Gasteiger partial charge is 0.416 e. The number of rotatable bonds is 8. The van der Waals surface area contributed by atoms with Gasteiger partial charge in [0.25, 0.3) is 0 Å². The van der Waals surface area contributed by atoms with E-state index in [1.807, 2.05) is 37.3 Å². The first-order chi connectivity index (χ1) is 22.4. The second kappa shape index (κ2) is 12.6. The van der Waals surface area contributed by atoms with Crippen molar-refractivity contribution in [3.63, 3.8) is 0 Å². The summed E-state index contributed by atoms with van der Waals surface area (Å²) < 4.78 is 57.3. The predicted octanol–water partition coefficient (Wildman–Crippen LogP) is 8.20. The van der Waals surface area contributed by atoms with E-state index in [9.17, 15) is 22.8 Å². The number of carbonyl (C=O) groups excluding carboxylic acids is 2. The molecule has 47 heavy (non-hydrogen) atoms. The van der Waals surface area contributed by atoms with Crippen LogP contribution in [0.25, 0.3) is 21.6 Å². The number of hydrogen-bond acceptors (Lipinski definition) is 8. The molecule has 1 amide bonds. The van der Waals surface area contributed by atoms with Gasteiger partial charge in [-0.25, -0.2) is 14.6 Å². The average Bonchev–Trinajstić information content (AvgIpc) is 3.53. The summed E-state index contributed by atoms with van der Waals surface area (Å²) in [4.78, 5) is 35.6. The number of aromatic nitrogens is 1. The normalized spacial score (nSPS) is 17.8. The Morgan fingerprint density at radius 1 is 1.04 bits per heavy atom. The number of hydrogen-bond donors (Lipinski definition) is 0. The second-order valence-corrected chi connectivity index (χ2v) is 12.9. The van der Waals surface area contributed by atoms with Crippen molar-refractivity contribution < 1.29 is 37.0 Å². The molecule has 0 saturated carbocycles. The van der Waals surface area contributed by atoms with Crippen molar-refractivity contribution in [3.8, 4) is 27.3 Å². The van der Waals surface area contributed by atoms with Crippen LogP contribution in [0.4, 0.5) is 23.8 Å². The summed E-state index contributed by atoms with van der Waals surface area (Å²) >= 11 is 1.33. The third-order valence-corrected chi connectivity index (χ3v) is 9.93. The molecule has 4 aromatic rings. The lowest BCUT2D eigenvalue weighted by atomic mass is 9.97. The van der Waals surface area contributed by atoms with Crippen LogP contribution in [0.5, 0.6) is 5.75 Å². The van der Waals surface area contributed by atoms with E-state index in [0.29, 0.717) is 21.9 Å². The molecule has 12 heteroatoms. The number of aryl methyl sites for hydroxylation is 2. The van der Waals surface area contributed by atoms with Crippen LogP contribution in [0, 0.1) is 13.8 Å². The van der Waals surface area contributed by atoms with Crippen LogP contribution in [-0.4, -0.2) is 55.3 Å². The summed E-state index contributed by atoms with van der Waals surface area (Å²) in [7, 11) is 2.92. The van der Waals surface area contributed by atoms with Crippen LogP contribution >= 0.6 is 11.3 Å². The van der Waals surface area contributed by atoms with Gasteiger partial charge in [0.2, 0.25) is 0 Å². The lowest BCUT2D eigenvalue weighted by Crippen LogP contribution is -2.38. The fourth-order valence-electron chi connectivity index (χ4n) is 6.07. The van der Waals surface area contributed by atoms with Crippen LogP contribution in [0.2, 0.25) is 0 Å². The zero-order chi connectivity index (χ0) is 33.6. The Morgan fingerprint density at radius 2 is 1.81 bits per heavy atom. The summed E-state index contributed by atoms with van der Waals surface area (Å²) in [6, 6.07) is 14.6. The first-order valence-electron chi connectivity index (χ1n) is 15.2. The number of thiophene rings is 1. The first kappa shape index (κ1) is 32.4. The van der Waals surface area contributed by atoms with Crippen LogP contribution < -0.4 is 9.64 Å². The van der Waals surface area contributed by atoms with E-state index in [4.69, 9.17) is 19.2 Å². The van der Waals surface area contributed by atoms with Crippen molar-refractivity contribution >= 4 is 29.2 Å². The molecule has 2 aromatic carbocycles. The second-order valence-electron chi connectivity index (χ2n) is 11.8. The molecule has 0 N–H and O–H groups in total. The molecule has 2 saturated heterocycles. The summed E-state index contributed by atoms with van der Waals surface area (Å²) in [5.41, 5.74) is 3.77. The molecular formula is C35H34F3N3O5S. The number of nitrogens with zero attached hydrogens (tertiary/aromatic N) is 3. The van der Waals surface area contributed by atoms with Crippen molar-refractivity contribution in [3.05, 3.63) is 87.4 Å². The number of alkyl halides is 3. The monoisotopic (exact) mass is 665 g/mol. The highest BCUT2D eigenvalue weighted by Crippen LogP contribution is 2.42. The molecule has 2 atom stereocenters. The summed E-state index contributed by atoms with van der Waals surface area (Å²) in [5.74, 6) is 0.953. The van der Waals surface area contributed by atoms with Gasteiger partial charge in [-0.2, -0.15) is 13.2 Å². The minimum atomic E-state index is -4.53. The molecule has 0 radical (unpaired) electrons. The van der Waals surface area contributed by atoms with Gasteiger partial charge in [-0.3, -0.25) is 4.90 Å². The Labute approximate surface area is 274 Å². The third kappa shape index (κ3) is 6.26. The maximum atomic E-state index is 13.6. The fourth-order valence-corrected chi connectivity index (χ4v) is 7.16. The summed E-state index contributed by atoms with van der Waals surface area (Å²) in [6.07, 6.45) is -5.01. The highest BCUT2D eigenvalue weighted by atomic mass is 32.1. The zero-order valence-corrected chi connectivity index (χ0v) is 27.4. The number of esters is 1. The molecule has 0 bridgehead atoms. The van der Waals surface area contributed by atoms with E-state index in [-0.39, 0.29) is 12.1 Å². The lowest BCUT2D eigenvalue weighted by Gasteiger charge is -2.33. The summed E-state index contributed by atoms with van der Waals surface area (Å²) in [5, 5.41) is 0. The molecule has 2 aromatic heterocycles. The van der Waals surface area contributed by atoms with Crippen LogP contribution in [0.15, 0.2) is 54.6 Å². The number of pyridine rings is 1. The van der Waals surface area contributed by atoms with Gasteiger partial charge >= 0.3 is 18.2 Å². The van der Waals surface area contributed by atoms with Gasteiger partial charge in [0.15, 0.2) is 0 Å². The van der Waals surface area contributed by atoms with E-state index in [1.54, 1.807) is 33.1 Å². The van der Waals surface area contributed by atoms with Crippen LogP contribution in [0.3, 0.4) is 0 Å². The average molecular weight is 666 g/mol. The maximum absolute atomic E-state index is 13.6. The van der Waals surface area contributed by atoms with E-state index in [2.05, 4.69) is 4.90 Å². The van der Waals surface area contributed by atoms with E-state index < -0.39 is 35.9 Å². The van der Waals surface area contributed by atoms with Gasteiger partial charge < -0.3 is 19.1 Å². The Hall–Kier alpha value is -4.58. The Bertz CT molecular complexity index is 1850. The number of ether oxygens (including phenoxy) is 3. The van der Waals surface area contributed by atoms with E-state index in [0.717, 1.165) is 64.6 Å². The van der Waals surface area contributed by atoms with Gasteiger partial charge in [-0.05, 0) is 92.4 Å². The van der Waals surface area contributed by atoms with E-state index in [1.165, 1.54) is 23.3 Å². The zero-order valence-electron chi connectivity index (χ0n) is 26.6. The Morgan fingerprint density at radius 3 is 2.47 bits per heavy atom. The minimum absolute atomic E-state index is 0.0589. The molecular weight excluding hydrogens is 631 g/mol. The molecule has 6 rings (SSSR count). The quantitative estimate of drug-likeness (QED) is 0.176. The number of halogens is 3. The molecule has 2 aliphatic rings. The number of amides is 1. The molecule has 2 fully saturated rings. The lowest BCUT2D eigenvalue weighted by molar-refractivity contribution is -0.137. The van der Waals surface area contributed by atoms with Gasteiger partial charge in [-0.15, -0.1) is 11.3 Å². The summed E-state index contributed by atoms with van der Waals surface area (Å²) in [6.45, 7) is 7.07. The van der Waals surface area contributed by atoms with Crippen LogP contribution in [0.1, 0.15) is 57.1 Å². The molecule has 0 aliphatic carbocycles. The van der Waals surface area contributed by atoms with Crippen molar-refractivity contribution in [1.82, 2.24) is 9.88 Å². The molecule has 0 unspecified atom stereocenters. The van der Waals surface area contributed by atoms with Gasteiger partial charge in [0.1, 0.15) is 22.5 Å². The molecule has 2 aliphatic heterocycles. The highest BCUT2D eigenvalue weighted by Gasteiger charge is 2.42. The number of cyclic esters (lactones) is 1. The van der Waals surface area contributed by atoms with Gasteiger partial charge in [0, 0.05) is 29.1 Å². The van der Waals surface area contributed by atoms with Crippen LogP contribution in [-0.2, 0) is 22.2 Å². The van der Waals surface area contributed by atoms with Crippen molar-refractivity contribution in [2.75, 3.05) is 32.2 Å². The van der Waals surface area contributed by atoms with Crippen molar-refractivity contribution in [2.45, 2.75) is 52.1 Å². The third-order valence-electron chi connectivity index (χ3n) is 8.66. The topological polar surface area (TPSA) is 81.2 Å². The number of anilines is 1. The molecule has 0 spiro atoms. The largest absolute Gasteiger partial charge is 0.496 e. The Kier molecular flexibility index (Phi) is 8.64. The van der Waals surface area contributed by atoms with Crippen molar-refractivity contribution in [2.24, 2.45) is 0 Å². The van der Waals surface area contributed by atoms with Gasteiger partial charge in [-0.1, -0.05) is 11.6 Å². The highest BCUT2D eigenvalue weighted by molar-refractivity contribution is 7.17. The fraction of sp³-hybridized carbons (Fsp3) is 0.343. The number of methoxy groups -OCH3 is 2. The van der Waals surface area contributed by atoms with Crippen molar-refractivity contribution in [1.29, 1.82) is 0 Å². The standard InChI is InChI=1S/C35H34F3N3O5S/c1-19-13-23(16-24(14-19)35(36,37)38)31-21(3)41(34(43)46-31)18-27-25(8-10-30(39-27)40-11-6-12-40)26-17-22(7-9-28(26)44-4)32-20(2)15-29(47-32)33(42)45-5/h7-10,13-17,21,31H,6,11-12,18H2,1-5H3/t21-,31-/m0/s1. The molecule has 246 valence electrons. The predicted molar refractivity (Wildman–Crippen MR) is 173 cm³/mol. The molecule has 8 nitrogen and oxygen atoms in total.